The fourth-order valence-electron chi connectivity index (χ4n) is 2.70. The predicted octanol–water partition coefficient (Wildman–Crippen LogP) is 1.71. The maximum absolute atomic E-state index is 8.46. The normalized spacial score (nSPS) is 17.6. The fourth-order valence-corrected chi connectivity index (χ4v) is 2.70. The van der Waals surface area contributed by atoms with Crippen LogP contribution in [0.4, 0.5) is 11.5 Å². The molecule has 0 saturated carbocycles. The minimum absolute atomic E-state index is 0.158. The Morgan fingerprint density at radius 3 is 2.96 bits per heavy atom. The summed E-state index contributed by atoms with van der Waals surface area (Å²) in [5.74, 6) is 1.45. The molecule has 1 aromatic heterocycles. The third-order valence-electron chi connectivity index (χ3n) is 4.00. The van der Waals surface area contributed by atoms with Gasteiger partial charge in [-0.15, -0.1) is 0 Å². The van der Waals surface area contributed by atoms with Gasteiger partial charge in [-0.1, -0.05) is 0 Å². The molecule has 0 amide bonds. The van der Waals surface area contributed by atoms with Gasteiger partial charge in [0.05, 0.1) is 31.2 Å². The van der Waals surface area contributed by atoms with E-state index in [2.05, 4.69) is 14.9 Å². The van der Waals surface area contributed by atoms with Gasteiger partial charge in [0.1, 0.15) is 17.9 Å². The highest BCUT2D eigenvalue weighted by Crippen LogP contribution is 2.23. The van der Waals surface area contributed by atoms with E-state index < -0.39 is 0 Å². The highest BCUT2D eigenvalue weighted by Gasteiger charge is 2.19. The molecule has 1 saturated heterocycles. The standard InChI is InChI=1S/C17H21N5O2/c1-11-9-22(5-6-24-11)16-8-15(20-10-21-16)17(19)13-7-12(23-2)3-4-14(13)18/h3-4,7-8,10-11,19H,5-6,9,18H2,1-2H3/t11-/m1/s1. The van der Waals surface area contributed by atoms with E-state index in [1.807, 2.05) is 13.0 Å². The number of anilines is 2. The lowest BCUT2D eigenvalue weighted by Crippen LogP contribution is -2.41. The van der Waals surface area contributed by atoms with Crippen LogP contribution in [0.3, 0.4) is 0 Å². The zero-order valence-corrected chi connectivity index (χ0v) is 13.8. The van der Waals surface area contributed by atoms with E-state index in [0.29, 0.717) is 29.3 Å². The van der Waals surface area contributed by atoms with Crippen LogP contribution in [0.15, 0.2) is 30.6 Å². The molecule has 7 nitrogen and oxygen atoms in total. The van der Waals surface area contributed by atoms with Crippen molar-refractivity contribution < 1.29 is 9.47 Å². The van der Waals surface area contributed by atoms with Gasteiger partial charge in [-0.2, -0.15) is 0 Å². The smallest absolute Gasteiger partial charge is 0.132 e. The van der Waals surface area contributed by atoms with Crippen LogP contribution in [-0.2, 0) is 4.74 Å². The first-order chi connectivity index (χ1) is 11.6. The summed E-state index contributed by atoms with van der Waals surface area (Å²) in [7, 11) is 1.58. The van der Waals surface area contributed by atoms with Crippen molar-refractivity contribution in [1.29, 1.82) is 5.41 Å². The van der Waals surface area contributed by atoms with Gasteiger partial charge in [0.2, 0.25) is 0 Å². The SMILES string of the molecule is COc1ccc(N)c(C(=N)c2cc(N3CCO[C@H](C)C3)ncn2)c1. The molecular formula is C17H21N5O2. The van der Waals surface area contributed by atoms with Crippen LogP contribution in [0.2, 0.25) is 0 Å². The van der Waals surface area contributed by atoms with E-state index in [-0.39, 0.29) is 11.8 Å². The second-order valence-electron chi connectivity index (χ2n) is 5.72. The van der Waals surface area contributed by atoms with Crippen molar-refractivity contribution in [3.8, 4) is 5.75 Å². The van der Waals surface area contributed by atoms with Crippen LogP contribution < -0.4 is 15.4 Å². The number of morpholine rings is 1. The molecule has 7 heteroatoms. The number of nitrogens with one attached hydrogen (secondary N) is 1. The van der Waals surface area contributed by atoms with Gasteiger partial charge in [0.15, 0.2) is 0 Å². The van der Waals surface area contributed by atoms with Gasteiger partial charge >= 0.3 is 0 Å². The van der Waals surface area contributed by atoms with Crippen LogP contribution >= 0.6 is 0 Å². The number of nitrogen functional groups attached to an aromatic ring is 1. The maximum atomic E-state index is 8.46. The lowest BCUT2D eigenvalue weighted by molar-refractivity contribution is 0.0529. The molecule has 1 aliphatic heterocycles. The predicted molar refractivity (Wildman–Crippen MR) is 93.0 cm³/mol. The Kier molecular flexibility index (Phi) is 4.61. The van der Waals surface area contributed by atoms with E-state index in [9.17, 15) is 0 Å². The summed E-state index contributed by atoms with van der Waals surface area (Å²) in [4.78, 5) is 10.7. The van der Waals surface area contributed by atoms with Crippen LogP contribution in [-0.4, -0.2) is 48.6 Å². The van der Waals surface area contributed by atoms with Crippen molar-refractivity contribution in [3.63, 3.8) is 0 Å². The molecule has 1 fully saturated rings. The maximum Gasteiger partial charge on any atom is 0.132 e. The van der Waals surface area contributed by atoms with Crippen LogP contribution in [0.5, 0.6) is 5.75 Å². The molecule has 24 heavy (non-hydrogen) atoms. The Balaban J connectivity index is 1.89. The topological polar surface area (TPSA) is 97.4 Å². The molecule has 0 aliphatic carbocycles. The Bertz CT molecular complexity index is 750. The summed E-state index contributed by atoms with van der Waals surface area (Å²) in [6, 6.07) is 7.07. The van der Waals surface area contributed by atoms with E-state index in [4.69, 9.17) is 20.6 Å². The van der Waals surface area contributed by atoms with E-state index in [1.165, 1.54) is 6.33 Å². The van der Waals surface area contributed by atoms with E-state index in [0.717, 1.165) is 18.9 Å². The summed E-state index contributed by atoms with van der Waals surface area (Å²) >= 11 is 0. The van der Waals surface area contributed by atoms with Crippen LogP contribution in [0.25, 0.3) is 0 Å². The number of benzene rings is 1. The number of nitrogens with zero attached hydrogens (tertiary/aromatic N) is 3. The number of ether oxygens (including phenoxy) is 2. The van der Waals surface area contributed by atoms with Gasteiger partial charge in [-0.05, 0) is 25.1 Å². The van der Waals surface area contributed by atoms with Crippen molar-refractivity contribution in [2.24, 2.45) is 0 Å². The minimum atomic E-state index is 0.158. The Hall–Kier alpha value is -2.67. The molecule has 1 aromatic carbocycles. The molecule has 126 valence electrons. The van der Waals surface area contributed by atoms with Crippen LogP contribution in [0, 0.1) is 5.41 Å². The van der Waals surface area contributed by atoms with Crippen LogP contribution in [0.1, 0.15) is 18.2 Å². The third kappa shape index (κ3) is 3.30. The molecule has 0 spiro atoms. The summed E-state index contributed by atoms with van der Waals surface area (Å²) in [6.45, 7) is 4.24. The number of methoxy groups -OCH3 is 1. The summed E-state index contributed by atoms with van der Waals surface area (Å²) in [6.07, 6.45) is 1.64. The number of rotatable bonds is 4. The Morgan fingerprint density at radius 1 is 1.38 bits per heavy atom. The first kappa shape index (κ1) is 16.2. The quantitative estimate of drug-likeness (QED) is 0.655. The third-order valence-corrected chi connectivity index (χ3v) is 4.00. The first-order valence-corrected chi connectivity index (χ1v) is 7.80. The average Bonchev–Trinajstić information content (AvgIpc) is 2.62. The van der Waals surface area contributed by atoms with Crippen molar-refractivity contribution in [3.05, 3.63) is 41.9 Å². The van der Waals surface area contributed by atoms with Gasteiger partial charge in [-0.3, -0.25) is 5.41 Å². The summed E-state index contributed by atoms with van der Waals surface area (Å²) < 4.78 is 10.8. The second kappa shape index (κ2) is 6.84. The minimum Gasteiger partial charge on any atom is -0.497 e. The van der Waals surface area contributed by atoms with Gasteiger partial charge in [0.25, 0.3) is 0 Å². The number of hydrogen-bond donors (Lipinski definition) is 2. The van der Waals surface area contributed by atoms with Crippen molar-refractivity contribution in [1.82, 2.24) is 9.97 Å². The van der Waals surface area contributed by atoms with E-state index >= 15 is 0 Å². The largest absolute Gasteiger partial charge is 0.497 e. The highest BCUT2D eigenvalue weighted by atomic mass is 16.5. The summed E-state index contributed by atoms with van der Waals surface area (Å²) in [5, 5.41) is 8.46. The molecule has 0 unspecified atom stereocenters. The Labute approximate surface area is 140 Å². The van der Waals surface area contributed by atoms with E-state index in [1.54, 1.807) is 25.3 Å². The highest BCUT2D eigenvalue weighted by molar-refractivity contribution is 6.13. The van der Waals surface area contributed by atoms with Crippen molar-refractivity contribution >= 4 is 17.2 Å². The zero-order chi connectivity index (χ0) is 17.1. The van der Waals surface area contributed by atoms with Crippen molar-refractivity contribution in [2.75, 3.05) is 37.4 Å². The average molecular weight is 327 g/mol. The molecule has 1 atom stereocenters. The zero-order valence-electron chi connectivity index (χ0n) is 13.8. The Morgan fingerprint density at radius 2 is 2.21 bits per heavy atom. The molecule has 0 radical (unpaired) electrons. The monoisotopic (exact) mass is 327 g/mol. The van der Waals surface area contributed by atoms with Gasteiger partial charge in [0, 0.05) is 30.4 Å². The summed E-state index contributed by atoms with van der Waals surface area (Å²) in [5.41, 5.74) is 7.90. The number of aromatic nitrogens is 2. The second-order valence-corrected chi connectivity index (χ2v) is 5.72. The van der Waals surface area contributed by atoms with Crippen molar-refractivity contribution in [2.45, 2.75) is 13.0 Å². The lowest BCUT2D eigenvalue weighted by Gasteiger charge is -2.32. The molecule has 2 aromatic rings. The number of nitrogens with two attached hydrogens (primary N) is 1. The molecule has 2 heterocycles. The first-order valence-electron chi connectivity index (χ1n) is 7.80. The lowest BCUT2D eigenvalue weighted by atomic mass is 10.0. The van der Waals surface area contributed by atoms with Gasteiger partial charge in [-0.25, -0.2) is 9.97 Å². The molecule has 0 bridgehead atoms. The molecular weight excluding hydrogens is 306 g/mol. The molecule has 3 N–H and O–H groups in total. The van der Waals surface area contributed by atoms with Gasteiger partial charge < -0.3 is 20.1 Å². The number of hydrogen-bond acceptors (Lipinski definition) is 7. The molecule has 1 aliphatic rings. The molecule has 3 rings (SSSR count). The fraction of sp³-hybridized carbons (Fsp3) is 0.353.